The summed E-state index contributed by atoms with van der Waals surface area (Å²) in [6.45, 7) is 10.5. The molecule has 0 atom stereocenters. The molecule has 1 aromatic rings. The molecule has 1 aromatic carbocycles. The standard InChI is InChI=1S/C18H32N2O/c1-5-6-7-13-20(16(2)3)18-10-8-17(9-11-18)15-19-12-14-21-4/h8-11,16,19H,5-7,12-15H2,1-4H3. The van der Waals surface area contributed by atoms with Gasteiger partial charge in [-0.05, 0) is 38.0 Å². The Bertz CT molecular complexity index is 362. The average Bonchev–Trinajstić information content (AvgIpc) is 2.49. The minimum Gasteiger partial charge on any atom is -0.383 e. The van der Waals surface area contributed by atoms with Crippen LogP contribution in [-0.2, 0) is 11.3 Å². The molecule has 0 aromatic heterocycles. The van der Waals surface area contributed by atoms with Crippen molar-refractivity contribution in [2.24, 2.45) is 0 Å². The van der Waals surface area contributed by atoms with Crippen LogP contribution in [0.5, 0.6) is 0 Å². The molecule has 0 spiro atoms. The van der Waals surface area contributed by atoms with Crippen LogP contribution in [0.1, 0.15) is 45.6 Å². The van der Waals surface area contributed by atoms with Crippen LogP contribution in [0.2, 0.25) is 0 Å². The Hall–Kier alpha value is -1.06. The molecule has 0 fully saturated rings. The summed E-state index contributed by atoms with van der Waals surface area (Å²) >= 11 is 0. The summed E-state index contributed by atoms with van der Waals surface area (Å²) in [6.07, 6.45) is 3.86. The molecule has 3 heteroatoms. The van der Waals surface area contributed by atoms with Crippen LogP contribution in [0.4, 0.5) is 5.69 Å². The molecule has 1 N–H and O–H groups in total. The lowest BCUT2D eigenvalue weighted by molar-refractivity contribution is 0.199. The molecule has 0 amide bonds. The summed E-state index contributed by atoms with van der Waals surface area (Å²) in [6, 6.07) is 9.50. The molecule has 0 aliphatic heterocycles. The highest BCUT2D eigenvalue weighted by molar-refractivity contribution is 5.48. The molecule has 1 rings (SSSR count). The quantitative estimate of drug-likeness (QED) is 0.627. The summed E-state index contributed by atoms with van der Waals surface area (Å²) in [5, 5.41) is 3.38. The zero-order valence-corrected chi connectivity index (χ0v) is 14.2. The van der Waals surface area contributed by atoms with E-state index in [1.165, 1.54) is 30.5 Å². The summed E-state index contributed by atoms with van der Waals surface area (Å²) in [5.74, 6) is 0. The van der Waals surface area contributed by atoms with E-state index >= 15 is 0 Å². The van der Waals surface area contributed by atoms with Crippen LogP contribution in [0, 0.1) is 0 Å². The van der Waals surface area contributed by atoms with Crippen molar-refractivity contribution < 1.29 is 4.74 Å². The summed E-state index contributed by atoms with van der Waals surface area (Å²) in [5.41, 5.74) is 2.66. The van der Waals surface area contributed by atoms with Gasteiger partial charge in [0.1, 0.15) is 0 Å². The van der Waals surface area contributed by atoms with Crippen LogP contribution in [-0.4, -0.2) is 32.8 Å². The molecule has 120 valence electrons. The number of hydrogen-bond acceptors (Lipinski definition) is 3. The number of unbranched alkanes of at least 4 members (excludes halogenated alkanes) is 2. The second kappa shape index (κ2) is 10.6. The maximum atomic E-state index is 5.03. The molecule has 21 heavy (non-hydrogen) atoms. The fraction of sp³-hybridized carbons (Fsp3) is 0.667. The zero-order chi connectivity index (χ0) is 15.5. The monoisotopic (exact) mass is 292 g/mol. The number of hydrogen-bond donors (Lipinski definition) is 1. The van der Waals surface area contributed by atoms with Crippen molar-refractivity contribution in [3.8, 4) is 0 Å². The first-order valence-electron chi connectivity index (χ1n) is 8.24. The maximum absolute atomic E-state index is 5.03. The normalized spacial score (nSPS) is 11.1. The number of rotatable bonds is 11. The van der Waals surface area contributed by atoms with Gasteiger partial charge < -0.3 is 15.0 Å². The third kappa shape index (κ3) is 6.96. The number of methoxy groups -OCH3 is 1. The van der Waals surface area contributed by atoms with E-state index in [4.69, 9.17) is 4.74 Å². The molecule has 0 unspecified atom stereocenters. The predicted molar refractivity (Wildman–Crippen MR) is 92.0 cm³/mol. The fourth-order valence-electron chi connectivity index (χ4n) is 2.43. The highest BCUT2D eigenvalue weighted by Gasteiger charge is 2.09. The van der Waals surface area contributed by atoms with Gasteiger partial charge in [0.2, 0.25) is 0 Å². The minimum atomic E-state index is 0.549. The maximum Gasteiger partial charge on any atom is 0.0587 e. The number of anilines is 1. The molecule has 0 aliphatic carbocycles. The Morgan fingerprint density at radius 2 is 1.86 bits per heavy atom. The molecule has 0 heterocycles. The molecule has 0 saturated heterocycles. The van der Waals surface area contributed by atoms with Gasteiger partial charge in [0.25, 0.3) is 0 Å². The Labute approximate surface area is 130 Å². The van der Waals surface area contributed by atoms with Crippen LogP contribution < -0.4 is 10.2 Å². The van der Waals surface area contributed by atoms with Gasteiger partial charge in [0, 0.05) is 38.5 Å². The van der Waals surface area contributed by atoms with Crippen molar-refractivity contribution in [2.45, 2.75) is 52.6 Å². The smallest absolute Gasteiger partial charge is 0.0587 e. The average molecular weight is 292 g/mol. The highest BCUT2D eigenvalue weighted by Crippen LogP contribution is 2.19. The molecule has 0 bridgehead atoms. The van der Waals surface area contributed by atoms with Gasteiger partial charge in [-0.3, -0.25) is 0 Å². The molecule has 0 aliphatic rings. The topological polar surface area (TPSA) is 24.5 Å². The van der Waals surface area contributed by atoms with Gasteiger partial charge in [-0.2, -0.15) is 0 Å². The Kier molecular flexibility index (Phi) is 9.11. The van der Waals surface area contributed by atoms with E-state index in [9.17, 15) is 0 Å². The van der Waals surface area contributed by atoms with Gasteiger partial charge in [-0.1, -0.05) is 31.9 Å². The van der Waals surface area contributed by atoms with E-state index in [1.807, 2.05) is 0 Å². The Morgan fingerprint density at radius 1 is 1.14 bits per heavy atom. The first kappa shape index (κ1) is 18.0. The third-order valence-electron chi connectivity index (χ3n) is 3.71. The predicted octanol–water partition coefficient (Wildman–Crippen LogP) is 3.83. The van der Waals surface area contributed by atoms with Crippen LogP contribution in [0.3, 0.4) is 0 Å². The molecule has 0 saturated carbocycles. The lowest BCUT2D eigenvalue weighted by Crippen LogP contribution is -2.31. The van der Waals surface area contributed by atoms with Crippen LogP contribution in [0.25, 0.3) is 0 Å². The second-order valence-electron chi connectivity index (χ2n) is 5.83. The number of nitrogens with one attached hydrogen (secondary N) is 1. The molecular formula is C18H32N2O. The lowest BCUT2D eigenvalue weighted by Gasteiger charge is -2.29. The Balaban J connectivity index is 2.52. The fourth-order valence-corrected chi connectivity index (χ4v) is 2.43. The third-order valence-corrected chi connectivity index (χ3v) is 3.71. The number of nitrogens with zero attached hydrogens (tertiary/aromatic N) is 1. The van der Waals surface area contributed by atoms with Crippen molar-refractivity contribution in [2.75, 3.05) is 31.7 Å². The SMILES string of the molecule is CCCCCN(c1ccc(CNCCOC)cc1)C(C)C. The van der Waals surface area contributed by atoms with Gasteiger partial charge in [0.05, 0.1) is 6.61 Å². The summed E-state index contributed by atoms with van der Waals surface area (Å²) < 4.78 is 5.03. The Morgan fingerprint density at radius 3 is 2.43 bits per heavy atom. The molecule has 0 radical (unpaired) electrons. The molecular weight excluding hydrogens is 260 g/mol. The largest absolute Gasteiger partial charge is 0.383 e. The van der Waals surface area contributed by atoms with E-state index in [0.717, 1.165) is 26.2 Å². The van der Waals surface area contributed by atoms with E-state index < -0.39 is 0 Å². The van der Waals surface area contributed by atoms with E-state index in [0.29, 0.717) is 6.04 Å². The number of benzene rings is 1. The first-order valence-corrected chi connectivity index (χ1v) is 8.24. The van der Waals surface area contributed by atoms with Crippen molar-refractivity contribution >= 4 is 5.69 Å². The van der Waals surface area contributed by atoms with Crippen molar-refractivity contribution in [1.82, 2.24) is 5.32 Å². The van der Waals surface area contributed by atoms with Crippen LogP contribution in [0.15, 0.2) is 24.3 Å². The van der Waals surface area contributed by atoms with Gasteiger partial charge in [-0.15, -0.1) is 0 Å². The van der Waals surface area contributed by atoms with E-state index in [-0.39, 0.29) is 0 Å². The minimum absolute atomic E-state index is 0.549. The second-order valence-corrected chi connectivity index (χ2v) is 5.83. The van der Waals surface area contributed by atoms with Crippen molar-refractivity contribution in [1.29, 1.82) is 0 Å². The summed E-state index contributed by atoms with van der Waals surface area (Å²) in [7, 11) is 1.73. The summed E-state index contributed by atoms with van der Waals surface area (Å²) in [4.78, 5) is 2.50. The van der Waals surface area contributed by atoms with Gasteiger partial charge in [-0.25, -0.2) is 0 Å². The van der Waals surface area contributed by atoms with Gasteiger partial charge >= 0.3 is 0 Å². The highest BCUT2D eigenvalue weighted by atomic mass is 16.5. The first-order chi connectivity index (χ1) is 10.2. The van der Waals surface area contributed by atoms with Crippen molar-refractivity contribution in [3.63, 3.8) is 0 Å². The van der Waals surface area contributed by atoms with E-state index in [1.54, 1.807) is 7.11 Å². The lowest BCUT2D eigenvalue weighted by atomic mass is 10.1. The van der Waals surface area contributed by atoms with Crippen molar-refractivity contribution in [3.05, 3.63) is 29.8 Å². The molecule has 3 nitrogen and oxygen atoms in total. The zero-order valence-electron chi connectivity index (χ0n) is 14.2. The van der Waals surface area contributed by atoms with E-state index in [2.05, 4.69) is 55.3 Å². The number of ether oxygens (including phenoxy) is 1. The van der Waals surface area contributed by atoms with Gasteiger partial charge in [0.15, 0.2) is 0 Å². The van der Waals surface area contributed by atoms with Crippen LogP contribution >= 0.6 is 0 Å².